The largest absolute Gasteiger partial charge is 0.258 e. The molecule has 0 aliphatic carbocycles. The predicted molar refractivity (Wildman–Crippen MR) is 63.5 cm³/mol. The van der Waals surface area contributed by atoms with Crippen LogP contribution in [0.5, 0.6) is 0 Å². The second kappa shape index (κ2) is 4.81. The summed E-state index contributed by atoms with van der Waals surface area (Å²) < 4.78 is 12.7. The average Bonchev–Trinajstić information content (AvgIpc) is 2.25. The summed E-state index contributed by atoms with van der Waals surface area (Å²) in [5.74, 6) is -0.251. The van der Waals surface area contributed by atoms with Crippen molar-refractivity contribution in [2.75, 3.05) is 0 Å². The molecule has 0 spiro atoms. The maximum atomic E-state index is 12.7. The molecule has 0 N–H and O–H groups in total. The summed E-state index contributed by atoms with van der Waals surface area (Å²) in [7, 11) is 0. The van der Waals surface area contributed by atoms with Crippen molar-refractivity contribution in [3.63, 3.8) is 0 Å². The number of rotatable bonds is 2. The molecule has 1 aromatic carbocycles. The van der Waals surface area contributed by atoms with Crippen molar-refractivity contribution in [1.29, 1.82) is 0 Å². The van der Waals surface area contributed by atoms with Gasteiger partial charge in [-0.2, -0.15) is 0 Å². The van der Waals surface area contributed by atoms with E-state index in [-0.39, 0.29) is 5.82 Å². The molecule has 1 heterocycles. The molecule has 0 bridgehead atoms. The summed E-state index contributed by atoms with van der Waals surface area (Å²) in [6, 6.07) is 7.90. The van der Waals surface area contributed by atoms with E-state index in [1.54, 1.807) is 24.4 Å². The van der Waals surface area contributed by atoms with Crippen LogP contribution in [0, 0.1) is 5.82 Å². The van der Waals surface area contributed by atoms with E-state index in [2.05, 4.69) is 4.98 Å². The molecule has 82 valence electrons. The fourth-order valence-corrected chi connectivity index (χ4v) is 1.82. The zero-order valence-corrected chi connectivity index (χ0v) is 9.76. The number of pyridine rings is 1. The molecule has 1 aromatic heterocycles. The van der Waals surface area contributed by atoms with Crippen LogP contribution >= 0.6 is 23.2 Å². The molecule has 0 unspecified atom stereocenters. The Hall–Kier alpha value is -1.12. The molecule has 0 fully saturated rings. The molecule has 1 nitrogen and oxygen atoms in total. The van der Waals surface area contributed by atoms with Crippen LogP contribution in [0.4, 0.5) is 4.39 Å². The molecule has 4 heteroatoms. The SMILES string of the molecule is Fc1ccc(Cc2ncc(Cl)cc2Cl)cc1. The van der Waals surface area contributed by atoms with Crippen LogP contribution in [0.2, 0.25) is 10.0 Å². The Balaban J connectivity index is 2.23. The Bertz CT molecular complexity index is 497. The Morgan fingerprint density at radius 2 is 1.81 bits per heavy atom. The zero-order chi connectivity index (χ0) is 11.5. The summed E-state index contributed by atoms with van der Waals surface area (Å²) in [6.07, 6.45) is 2.11. The lowest BCUT2D eigenvalue weighted by Crippen LogP contribution is -1.93. The molecule has 2 aromatic rings. The lowest BCUT2D eigenvalue weighted by molar-refractivity contribution is 0.627. The lowest BCUT2D eigenvalue weighted by atomic mass is 10.1. The van der Waals surface area contributed by atoms with Gasteiger partial charge in [-0.25, -0.2) is 4.39 Å². The maximum absolute atomic E-state index is 12.7. The van der Waals surface area contributed by atoms with E-state index in [0.29, 0.717) is 16.5 Å². The molecule has 0 atom stereocenters. The molecular formula is C12H8Cl2FN. The summed E-state index contributed by atoms with van der Waals surface area (Å²) >= 11 is 11.7. The highest BCUT2D eigenvalue weighted by atomic mass is 35.5. The Morgan fingerprint density at radius 3 is 2.44 bits per heavy atom. The molecule has 0 aliphatic heterocycles. The maximum Gasteiger partial charge on any atom is 0.123 e. The van der Waals surface area contributed by atoms with Crippen molar-refractivity contribution in [2.24, 2.45) is 0 Å². The molecular weight excluding hydrogens is 248 g/mol. The van der Waals surface area contributed by atoms with Gasteiger partial charge in [0.1, 0.15) is 5.82 Å². The number of aromatic nitrogens is 1. The van der Waals surface area contributed by atoms with Gasteiger partial charge in [0.05, 0.1) is 15.7 Å². The van der Waals surface area contributed by atoms with E-state index >= 15 is 0 Å². The highest BCUT2D eigenvalue weighted by Crippen LogP contribution is 2.20. The van der Waals surface area contributed by atoms with Crippen molar-refractivity contribution in [1.82, 2.24) is 4.98 Å². The first-order chi connectivity index (χ1) is 7.65. The summed E-state index contributed by atoms with van der Waals surface area (Å²) in [4.78, 5) is 4.14. The fourth-order valence-electron chi connectivity index (χ4n) is 1.37. The Morgan fingerprint density at radius 1 is 1.12 bits per heavy atom. The van der Waals surface area contributed by atoms with E-state index in [1.807, 2.05) is 0 Å². The monoisotopic (exact) mass is 255 g/mol. The molecule has 16 heavy (non-hydrogen) atoms. The van der Waals surface area contributed by atoms with Crippen LogP contribution in [0.25, 0.3) is 0 Å². The summed E-state index contributed by atoms with van der Waals surface area (Å²) in [6.45, 7) is 0. The lowest BCUT2D eigenvalue weighted by Gasteiger charge is -2.03. The predicted octanol–water partition coefficient (Wildman–Crippen LogP) is 4.12. The molecule has 0 saturated heterocycles. The van der Waals surface area contributed by atoms with Gasteiger partial charge in [-0.3, -0.25) is 4.98 Å². The highest BCUT2D eigenvalue weighted by molar-refractivity contribution is 6.34. The molecule has 0 saturated carbocycles. The average molecular weight is 256 g/mol. The second-order valence-corrected chi connectivity index (χ2v) is 4.23. The van der Waals surface area contributed by atoms with Crippen molar-refractivity contribution in [2.45, 2.75) is 6.42 Å². The summed E-state index contributed by atoms with van der Waals surface area (Å²) in [5, 5.41) is 1.03. The van der Waals surface area contributed by atoms with Crippen LogP contribution in [-0.4, -0.2) is 4.98 Å². The van der Waals surface area contributed by atoms with Crippen molar-refractivity contribution >= 4 is 23.2 Å². The van der Waals surface area contributed by atoms with E-state index in [9.17, 15) is 4.39 Å². The van der Waals surface area contributed by atoms with Crippen molar-refractivity contribution in [3.8, 4) is 0 Å². The van der Waals surface area contributed by atoms with Gasteiger partial charge in [0.2, 0.25) is 0 Å². The first-order valence-electron chi connectivity index (χ1n) is 4.69. The fraction of sp³-hybridized carbons (Fsp3) is 0.0833. The number of hydrogen-bond acceptors (Lipinski definition) is 1. The van der Waals surface area contributed by atoms with Gasteiger partial charge in [-0.05, 0) is 23.8 Å². The second-order valence-electron chi connectivity index (χ2n) is 3.39. The van der Waals surface area contributed by atoms with Crippen molar-refractivity contribution in [3.05, 3.63) is 63.6 Å². The van der Waals surface area contributed by atoms with Crippen LogP contribution in [0.15, 0.2) is 36.5 Å². The highest BCUT2D eigenvalue weighted by Gasteiger charge is 2.04. The van der Waals surface area contributed by atoms with E-state index < -0.39 is 0 Å². The van der Waals surface area contributed by atoms with Gasteiger partial charge < -0.3 is 0 Å². The third-order valence-electron chi connectivity index (χ3n) is 2.17. The van der Waals surface area contributed by atoms with Crippen molar-refractivity contribution < 1.29 is 4.39 Å². The number of nitrogens with zero attached hydrogens (tertiary/aromatic N) is 1. The molecule has 2 rings (SSSR count). The first-order valence-corrected chi connectivity index (χ1v) is 5.45. The minimum absolute atomic E-state index is 0.251. The zero-order valence-electron chi connectivity index (χ0n) is 8.25. The standard InChI is InChI=1S/C12H8Cl2FN/c13-9-6-11(14)12(16-7-9)5-8-1-3-10(15)4-2-8/h1-4,6-7H,5H2. The number of hydrogen-bond donors (Lipinski definition) is 0. The third kappa shape index (κ3) is 2.71. The van der Waals surface area contributed by atoms with Gasteiger partial charge in [0.25, 0.3) is 0 Å². The molecule has 0 aliphatic rings. The smallest absolute Gasteiger partial charge is 0.123 e. The van der Waals surface area contributed by atoms with E-state index in [0.717, 1.165) is 11.3 Å². The van der Waals surface area contributed by atoms with Crippen LogP contribution in [-0.2, 0) is 6.42 Å². The van der Waals surface area contributed by atoms with Gasteiger partial charge in [0, 0.05) is 12.6 Å². The first kappa shape index (κ1) is 11.4. The van der Waals surface area contributed by atoms with E-state index in [4.69, 9.17) is 23.2 Å². The van der Waals surface area contributed by atoms with Gasteiger partial charge >= 0.3 is 0 Å². The van der Waals surface area contributed by atoms with Crippen LogP contribution in [0.1, 0.15) is 11.3 Å². The van der Waals surface area contributed by atoms with Gasteiger partial charge in [-0.15, -0.1) is 0 Å². The Kier molecular flexibility index (Phi) is 3.42. The van der Waals surface area contributed by atoms with Gasteiger partial charge in [0.15, 0.2) is 0 Å². The molecule has 0 amide bonds. The van der Waals surface area contributed by atoms with Gasteiger partial charge in [-0.1, -0.05) is 35.3 Å². The Labute approximate surface area is 103 Å². The minimum atomic E-state index is -0.251. The molecule has 0 radical (unpaired) electrons. The third-order valence-corrected chi connectivity index (χ3v) is 2.70. The minimum Gasteiger partial charge on any atom is -0.258 e. The normalized spacial score (nSPS) is 10.4. The number of benzene rings is 1. The topological polar surface area (TPSA) is 12.9 Å². The summed E-state index contributed by atoms with van der Waals surface area (Å²) in [5.41, 5.74) is 1.69. The van der Waals surface area contributed by atoms with Crippen LogP contribution < -0.4 is 0 Å². The number of halogens is 3. The van der Waals surface area contributed by atoms with Crippen LogP contribution in [0.3, 0.4) is 0 Å². The van der Waals surface area contributed by atoms with E-state index in [1.165, 1.54) is 12.1 Å². The quantitative estimate of drug-likeness (QED) is 0.787.